The van der Waals surface area contributed by atoms with Gasteiger partial charge in [0.2, 0.25) is 11.8 Å². The summed E-state index contributed by atoms with van der Waals surface area (Å²) in [4.78, 5) is 39.3. The van der Waals surface area contributed by atoms with Gasteiger partial charge in [-0.1, -0.05) is 60.7 Å². The molecule has 0 spiro atoms. The molecule has 1 unspecified atom stereocenters. The lowest BCUT2D eigenvalue weighted by atomic mass is 9.95. The maximum Gasteiger partial charge on any atom is 0.255 e. The molecule has 0 radical (unpaired) electrons. The highest BCUT2D eigenvalue weighted by atomic mass is 16.2. The number of hydrogen-bond donors (Lipinski definition) is 4. The molecule has 38 heavy (non-hydrogen) atoms. The number of hydrogen-bond acceptors (Lipinski definition) is 5. The van der Waals surface area contributed by atoms with Gasteiger partial charge in [-0.2, -0.15) is 5.26 Å². The number of anilines is 3. The number of carbonyl (C=O) groups excluding carboxylic acids is 3. The van der Waals surface area contributed by atoms with Gasteiger partial charge in [-0.3, -0.25) is 14.4 Å². The van der Waals surface area contributed by atoms with Crippen LogP contribution < -0.4 is 21.7 Å². The van der Waals surface area contributed by atoms with Gasteiger partial charge in [0, 0.05) is 17.8 Å². The molecule has 0 aliphatic carbocycles. The van der Waals surface area contributed by atoms with Crippen LogP contribution >= 0.6 is 0 Å². The van der Waals surface area contributed by atoms with Crippen LogP contribution in [0, 0.1) is 11.3 Å². The number of para-hydroxylation sites is 2. The van der Waals surface area contributed by atoms with E-state index in [0.717, 1.165) is 5.56 Å². The van der Waals surface area contributed by atoms with Crippen LogP contribution in [0.15, 0.2) is 103 Å². The van der Waals surface area contributed by atoms with E-state index in [-0.39, 0.29) is 12.5 Å². The molecule has 5 N–H and O–H groups in total. The second kappa shape index (κ2) is 12.0. The molecular formula is C30H25N5O3. The number of benzene rings is 4. The van der Waals surface area contributed by atoms with Crippen LogP contribution in [0.4, 0.5) is 17.1 Å². The van der Waals surface area contributed by atoms with Crippen LogP contribution in [0.5, 0.6) is 0 Å². The van der Waals surface area contributed by atoms with Crippen molar-refractivity contribution in [2.45, 2.75) is 12.5 Å². The number of nitriles is 1. The van der Waals surface area contributed by atoms with Gasteiger partial charge in [0.25, 0.3) is 5.91 Å². The van der Waals surface area contributed by atoms with Crippen LogP contribution in [0.25, 0.3) is 0 Å². The fourth-order valence-corrected chi connectivity index (χ4v) is 3.82. The zero-order valence-electron chi connectivity index (χ0n) is 20.3. The molecule has 0 bridgehead atoms. The van der Waals surface area contributed by atoms with Crippen molar-refractivity contribution in [2.24, 2.45) is 0 Å². The minimum absolute atomic E-state index is 0.242. The molecule has 8 heteroatoms. The summed E-state index contributed by atoms with van der Waals surface area (Å²) in [6.07, 6.45) is 0. The van der Waals surface area contributed by atoms with Crippen LogP contribution in [-0.2, 0) is 16.1 Å². The second-order valence-electron chi connectivity index (χ2n) is 8.48. The van der Waals surface area contributed by atoms with E-state index in [9.17, 15) is 14.4 Å². The van der Waals surface area contributed by atoms with Gasteiger partial charge in [-0.15, -0.1) is 0 Å². The standard InChI is InChI=1S/C30H25N5O3/c31-18-21-9-6-10-24(17-21)34-30(38)27(29(37)33-19-20-7-2-1-3-8-20)22-13-15-23(16-14-22)28(36)35-26-12-5-4-11-25(26)32/h1-17,27H,19,32H2,(H,33,37)(H,34,38)(H,35,36). The van der Waals surface area contributed by atoms with Gasteiger partial charge in [0.1, 0.15) is 5.92 Å². The molecular weight excluding hydrogens is 478 g/mol. The molecule has 0 heterocycles. The monoisotopic (exact) mass is 503 g/mol. The van der Waals surface area contributed by atoms with Gasteiger partial charge >= 0.3 is 0 Å². The fourth-order valence-electron chi connectivity index (χ4n) is 3.82. The highest BCUT2D eigenvalue weighted by Crippen LogP contribution is 2.22. The van der Waals surface area contributed by atoms with Crippen molar-refractivity contribution in [1.82, 2.24) is 5.32 Å². The van der Waals surface area contributed by atoms with Crippen molar-refractivity contribution in [2.75, 3.05) is 16.4 Å². The molecule has 8 nitrogen and oxygen atoms in total. The number of nitrogens with one attached hydrogen (secondary N) is 3. The molecule has 188 valence electrons. The summed E-state index contributed by atoms with van der Waals surface area (Å²) < 4.78 is 0. The number of nitrogens with zero attached hydrogens (tertiary/aromatic N) is 1. The summed E-state index contributed by atoms with van der Waals surface area (Å²) in [5.74, 6) is -2.65. The number of amides is 3. The first-order valence-electron chi connectivity index (χ1n) is 11.8. The summed E-state index contributed by atoms with van der Waals surface area (Å²) in [5.41, 5.74) is 9.22. The number of nitrogen functional groups attached to an aromatic ring is 1. The van der Waals surface area contributed by atoms with E-state index in [1.165, 1.54) is 6.07 Å². The van der Waals surface area contributed by atoms with Crippen molar-refractivity contribution in [3.63, 3.8) is 0 Å². The number of carbonyl (C=O) groups is 3. The Morgan fingerprint density at radius 3 is 2.21 bits per heavy atom. The minimum Gasteiger partial charge on any atom is -0.397 e. The Morgan fingerprint density at radius 1 is 0.789 bits per heavy atom. The largest absolute Gasteiger partial charge is 0.397 e. The Labute approximate surface area is 220 Å². The maximum absolute atomic E-state index is 13.3. The van der Waals surface area contributed by atoms with Gasteiger partial charge < -0.3 is 21.7 Å². The molecule has 3 amide bonds. The van der Waals surface area contributed by atoms with E-state index >= 15 is 0 Å². The number of nitrogens with two attached hydrogens (primary N) is 1. The molecule has 0 aliphatic heterocycles. The van der Waals surface area contributed by atoms with E-state index in [0.29, 0.717) is 33.8 Å². The summed E-state index contributed by atoms with van der Waals surface area (Å²) >= 11 is 0. The Bertz CT molecular complexity index is 1490. The predicted octanol–water partition coefficient (Wildman–Crippen LogP) is 4.43. The maximum atomic E-state index is 13.3. The van der Waals surface area contributed by atoms with Gasteiger partial charge in [0.05, 0.1) is 23.0 Å². The average Bonchev–Trinajstić information content (AvgIpc) is 2.94. The summed E-state index contributed by atoms with van der Waals surface area (Å²) in [7, 11) is 0. The fraction of sp³-hybridized carbons (Fsp3) is 0.0667. The summed E-state index contributed by atoms with van der Waals surface area (Å²) in [5, 5.41) is 17.5. The third-order valence-corrected chi connectivity index (χ3v) is 5.81. The Hall–Kier alpha value is -5.42. The van der Waals surface area contributed by atoms with E-state index in [1.54, 1.807) is 66.7 Å². The zero-order chi connectivity index (χ0) is 26.9. The molecule has 0 saturated carbocycles. The molecule has 0 aromatic heterocycles. The molecule has 1 atom stereocenters. The van der Waals surface area contributed by atoms with E-state index < -0.39 is 17.7 Å². The molecule has 0 saturated heterocycles. The van der Waals surface area contributed by atoms with Crippen molar-refractivity contribution in [1.29, 1.82) is 5.26 Å². The second-order valence-corrected chi connectivity index (χ2v) is 8.48. The van der Waals surface area contributed by atoms with E-state index in [1.807, 2.05) is 36.4 Å². The van der Waals surface area contributed by atoms with Crippen molar-refractivity contribution >= 4 is 34.8 Å². The Morgan fingerprint density at radius 2 is 1.50 bits per heavy atom. The number of rotatable bonds is 8. The zero-order valence-corrected chi connectivity index (χ0v) is 20.3. The first-order valence-corrected chi connectivity index (χ1v) is 11.8. The van der Waals surface area contributed by atoms with Gasteiger partial charge in [-0.25, -0.2) is 0 Å². The minimum atomic E-state index is -1.20. The SMILES string of the molecule is N#Cc1cccc(NC(=O)C(C(=O)NCc2ccccc2)c2ccc(C(=O)Nc3ccccc3N)cc2)c1. The first kappa shape index (κ1) is 25.7. The first-order chi connectivity index (χ1) is 18.4. The average molecular weight is 504 g/mol. The highest BCUT2D eigenvalue weighted by molar-refractivity contribution is 6.11. The Balaban J connectivity index is 1.56. The van der Waals surface area contributed by atoms with Crippen molar-refractivity contribution in [3.8, 4) is 6.07 Å². The smallest absolute Gasteiger partial charge is 0.255 e. The summed E-state index contributed by atoms with van der Waals surface area (Å²) in [6, 6.07) is 30.9. The van der Waals surface area contributed by atoms with Crippen LogP contribution in [0.2, 0.25) is 0 Å². The highest BCUT2D eigenvalue weighted by Gasteiger charge is 2.29. The molecule has 4 aromatic rings. The Kier molecular flexibility index (Phi) is 8.11. The lowest BCUT2D eigenvalue weighted by molar-refractivity contribution is -0.129. The summed E-state index contributed by atoms with van der Waals surface area (Å²) in [6.45, 7) is 0.242. The molecule has 4 aromatic carbocycles. The van der Waals surface area contributed by atoms with Crippen LogP contribution in [0.3, 0.4) is 0 Å². The van der Waals surface area contributed by atoms with Crippen molar-refractivity contribution < 1.29 is 14.4 Å². The molecule has 0 fully saturated rings. The third kappa shape index (κ3) is 6.42. The van der Waals surface area contributed by atoms with Crippen LogP contribution in [-0.4, -0.2) is 17.7 Å². The van der Waals surface area contributed by atoms with Crippen LogP contribution in [0.1, 0.15) is 33.0 Å². The van der Waals surface area contributed by atoms with Crippen molar-refractivity contribution in [3.05, 3.63) is 125 Å². The topological polar surface area (TPSA) is 137 Å². The third-order valence-electron chi connectivity index (χ3n) is 5.81. The normalized spacial score (nSPS) is 11.0. The molecule has 4 rings (SSSR count). The lowest BCUT2D eigenvalue weighted by Gasteiger charge is -2.18. The molecule has 0 aliphatic rings. The van der Waals surface area contributed by atoms with Gasteiger partial charge in [-0.05, 0) is 53.6 Å². The lowest BCUT2D eigenvalue weighted by Crippen LogP contribution is -2.36. The quantitative estimate of drug-likeness (QED) is 0.208. The predicted molar refractivity (Wildman–Crippen MR) is 146 cm³/mol. The van der Waals surface area contributed by atoms with E-state index in [2.05, 4.69) is 16.0 Å². The van der Waals surface area contributed by atoms with E-state index in [4.69, 9.17) is 11.0 Å². The van der Waals surface area contributed by atoms with Gasteiger partial charge in [0.15, 0.2) is 0 Å².